The van der Waals surface area contributed by atoms with Crippen molar-refractivity contribution in [3.63, 3.8) is 0 Å². The Labute approximate surface area is 876 Å². The molecule has 9 aromatic heterocycles. The molecule has 0 bridgehead atoms. The summed E-state index contributed by atoms with van der Waals surface area (Å²) >= 11 is 18.0. The van der Waals surface area contributed by atoms with Crippen molar-refractivity contribution < 1.29 is 0 Å². The van der Waals surface area contributed by atoms with E-state index in [1.165, 1.54) is 424 Å². The molecular weight excluding hydrogens is 1900 g/mol. The molecule has 0 amide bonds. The summed E-state index contributed by atoms with van der Waals surface area (Å²) in [5.74, 6) is 0. The Bertz CT molecular complexity index is 4050. The van der Waals surface area contributed by atoms with Crippen molar-refractivity contribution in [3.05, 3.63) is 119 Å². The molecule has 0 fully saturated rings. The zero-order valence-electron chi connectivity index (χ0n) is 89.6. The van der Waals surface area contributed by atoms with Crippen LogP contribution in [-0.4, -0.2) is 48.4 Å². The number of unbranched alkanes of at least 4 members (excludes halogenated alkanes) is 36. The maximum absolute atomic E-state index is 2.87. The highest BCUT2D eigenvalue weighted by atomic mass is 32.1. The highest BCUT2D eigenvalue weighted by molar-refractivity contribution is 7.32. The smallest absolute Gasteiger partial charge is 0.0504 e. The molecule has 0 aliphatic carbocycles. The van der Waals surface area contributed by atoms with Crippen molar-refractivity contribution >= 4 is 150 Å². The van der Waals surface area contributed by atoms with Gasteiger partial charge in [0.15, 0.2) is 0 Å². The van der Waals surface area contributed by atoms with Crippen molar-refractivity contribution in [2.24, 2.45) is 0 Å². The first-order chi connectivity index (χ1) is 65.7. The molecule has 0 aromatic carbocycles. The first kappa shape index (κ1) is 117. The average Bonchev–Trinajstić information content (AvgIpc) is 1.65. The van der Waals surface area contributed by atoms with Gasteiger partial charge in [0.1, 0.15) is 0 Å². The number of hydrogen-bond acceptors (Lipinski definition) is 9. The molecule has 0 radical (unpaired) electrons. The minimum absolute atomic E-state index is 1.13. The predicted octanol–water partition coefficient (Wildman–Crippen LogP) is 48.8. The van der Waals surface area contributed by atoms with Gasteiger partial charge in [0.2, 0.25) is 0 Å². The highest BCUT2D eigenvalue weighted by Crippen LogP contribution is 2.50. The Morgan fingerprint density at radius 2 is 0.230 bits per heavy atom. The summed E-state index contributed by atoms with van der Waals surface area (Å²) in [6, 6.07) is 71.8. The van der Waals surface area contributed by atoms with Crippen molar-refractivity contribution in [2.45, 2.75) is 537 Å². The lowest BCUT2D eigenvalue weighted by molar-refractivity contribution is 0.657. The number of thiophene rings is 9. The lowest BCUT2D eigenvalue weighted by Gasteiger charge is -2.29. The number of rotatable bonds is 84. The Kier molecular flexibility index (Phi) is 57.9. The van der Waals surface area contributed by atoms with E-state index < -0.39 is 48.4 Å². The van der Waals surface area contributed by atoms with E-state index in [2.05, 4.69) is 227 Å². The van der Waals surface area contributed by atoms with Gasteiger partial charge >= 0.3 is 0 Å². The molecule has 9 heterocycles. The van der Waals surface area contributed by atoms with E-state index in [0.717, 1.165) is 0 Å². The van der Waals surface area contributed by atoms with Crippen LogP contribution in [-0.2, 0) is 12.8 Å². The van der Waals surface area contributed by atoms with Crippen molar-refractivity contribution in [3.8, 4) is 78.0 Å². The molecular formula is C120H200S9Si6. The van der Waals surface area contributed by atoms with E-state index in [-0.39, 0.29) is 0 Å². The molecule has 0 saturated carbocycles. The van der Waals surface area contributed by atoms with Gasteiger partial charge in [0.25, 0.3) is 0 Å². The zero-order valence-corrected chi connectivity index (χ0v) is 103. The molecule has 0 aliphatic heterocycles. The van der Waals surface area contributed by atoms with Gasteiger partial charge in [-0.05, 0) is 122 Å². The molecule has 758 valence electrons. The first-order valence-corrected chi connectivity index (χ1v) is 83.7. The summed E-state index contributed by atoms with van der Waals surface area (Å²) in [7, 11) is -7.25. The van der Waals surface area contributed by atoms with Crippen LogP contribution in [0.15, 0.2) is 109 Å². The topological polar surface area (TPSA) is 0 Å². The maximum atomic E-state index is 2.87. The van der Waals surface area contributed by atoms with Crippen LogP contribution >= 0.6 is 102 Å². The van der Waals surface area contributed by atoms with Gasteiger partial charge in [-0.25, -0.2) is 0 Å². The van der Waals surface area contributed by atoms with E-state index in [0.29, 0.717) is 0 Å². The van der Waals surface area contributed by atoms with Crippen LogP contribution < -0.4 is 0 Å². The minimum Gasteiger partial charge on any atom is -0.139 e. The van der Waals surface area contributed by atoms with Crippen LogP contribution in [0.25, 0.3) is 78.0 Å². The zero-order chi connectivity index (χ0) is 96.0. The van der Waals surface area contributed by atoms with Gasteiger partial charge in [-0.3, -0.25) is 0 Å². The SMILES string of the molecule is CCCCCC[Si](C)(CCCCCC)CCCCCC[Si](C)(CCCCCC[Si](C)(CCCCCC)CCCCCC)CCCc1ccc(-c2ccc(-c3ccc(-c4ccc(-c5ccc(-c6ccc(-c7ccc(-c8ccc(-c9ccc(CCC[Si](C)(CCCCCC[Si](C)(CCCCCC)CCCCCC)CCCCCC[Si](C)(CCCCCC)CCCCCC)s9)s8)s7)s6)s5)s4)s3)s2)s1. The average molecular weight is 2100 g/mol. The van der Waals surface area contributed by atoms with Gasteiger partial charge in [-0.1, -0.05) is 525 Å². The second kappa shape index (κ2) is 66.7. The Morgan fingerprint density at radius 1 is 0.126 bits per heavy atom. The van der Waals surface area contributed by atoms with Crippen molar-refractivity contribution in [2.75, 3.05) is 0 Å². The fraction of sp³-hybridized carbons (Fsp3) is 0.700. The first-order valence-electron chi connectivity index (χ1n) is 57.6. The summed E-state index contributed by atoms with van der Waals surface area (Å²) in [5, 5.41) is 0. The molecule has 0 nitrogen and oxygen atoms in total. The van der Waals surface area contributed by atoms with Gasteiger partial charge in [0.05, 0.1) is 48.4 Å². The molecule has 0 spiro atoms. The number of aryl methyl sites for hydroxylation is 2. The third kappa shape index (κ3) is 44.4. The third-order valence-electron chi connectivity index (χ3n) is 32.2. The normalized spacial score (nSPS) is 12.7. The summed E-state index contributed by atoms with van der Waals surface area (Å²) in [6.45, 7) is 36.1. The number of hydrogen-bond donors (Lipinski definition) is 0. The fourth-order valence-electron chi connectivity index (χ4n) is 22.8. The molecule has 135 heavy (non-hydrogen) atoms. The van der Waals surface area contributed by atoms with Crippen LogP contribution in [0.3, 0.4) is 0 Å². The van der Waals surface area contributed by atoms with E-state index >= 15 is 0 Å². The van der Waals surface area contributed by atoms with Crippen LogP contribution in [0, 0.1) is 0 Å². The van der Waals surface area contributed by atoms with Crippen LogP contribution in [0.2, 0.25) is 148 Å². The van der Waals surface area contributed by atoms with Crippen LogP contribution in [0.1, 0.15) is 386 Å². The van der Waals surface area contributed by atoms with Gasteiger partial charge in [-0.2, -0.15) is 0 Å². The summed E-state index contributed by atoms with van der Waals surface area (Å²) in [5.41, 5.74) is 0. The molecule has 0 atom stereocenters. The highest BCUT2D eigenvalue weighted by Gasteiger charge is 2.33. The molecule has 9 aromatic rings. The molecule has 15 heteroatoms. The van der Waals surface area contributed by atoms with Crippen molar-refractivity contribution in [1.82, 2.24) is 0 Å². The molecule has 0 N–H and O–H groups in total. The Hall–Kier alpha value is -1.40. The maximum Gasteiger partial charge on any atom is 0.0504 e. The molecule has 0 saturated heterocycles. The third-order valence-corrected chi connectivity index (χ3v) is 71.8. The van der Waals surface area contributed by atoms with Crippen molar-refractivity contribution in [1.29, 1.82) is 0 Å². The monoisotopic (exact) mass is 2100 g/mol. The lowest BCUT2D eigenvalue weighted by Crippen LogP contribution is -2.30. The van der Waals surface area contributed by atoms with E-state index in [1.807, 2.05) is 79.4 Å². The second-order valence-corrected chi connectivity index (χ2v) is 86.0. The quantitative estimate of drug-likeness (QED) is 0.0263. The Morgan fingerprint density at radius 3 is 0.356 bits per heavy atom. The fourth-order valence-corrected chi connectivity index (χ4v) is 56.9. The van der Waals surface area contributed by atoms with Crippen LogP contribution in [0.5, 0.6) is 0 Å². The summed E-state index contributed by atoms with van der Waals surface area (Å²) < 4.78 is 0. The standard InChI is InChI=1S/C120H200S9Si6/c1-15-23-31-47-85-130(9,86-48-32-24-16-2)93-55-39-43-59-97-134(13,98-60-44-40-56-94-131(10,87-49-33-25-17-3)88-50-34-26-18-4)101-63-65-103-67-69-105(121-103)107-71-73-109(123-107)111-75-77-113(125-111)115-79-81-117(127-115)119-83-84-120(129-119)118-82-80-116(128-118)114-78-76-112(126-114)110-74-72-108(124-110)106-70-68-104(122-106)66-64-102-135(14,99-61-45-41-57-95-132(11,89-51-35-27-19-5)90-52-36-28-20-6)100-62-46-42-58-96-133(12,91-53-37-29-21-7)92-54-38-30-22-8/h67-84H,15-66,85-102H2,1-14H3. The largest absolute Gasteiger partial charge is 0.139 e. The van der Waals surface area contributed by atoms with E-state index in [9.17, 15) is 0 Å². The van der Waals surface area contributed by atoms with Crippen LogP contribution in [0.4, 0.5) is 0 Å². The summed E-state index contributed by atoms with van der Waals surface area (Å²) in [4.78, 5) is 25.5. The van der Waals surface area contributed by atoms with Gasteiger partial charge < -0.3 is 0 Å². The second-order valence-electron chi connectivity index (χ2n) is 45.4. The Balaban J connectivity index is 0.744. The molecule has 9 rings (SSSR count). The predicted molar refractivity (Wildman–Crippen MR) is 651 cm³/mol. The molecule has 0 unspecified atom stereocenters. The summed E-state index contributed by atoms with van der Waals surface area (Å²) in [6.07, 6.45) is 75.5. The van der Waals surface area contributed by atoms with Gasteiger partial charge in [0, 0.05) is 87.8 Å². The van der Waals surface area contributed by atoms with E-state index in [1.54, 1.807) is 106 Å². The van der Waals surface area contributed by atoms with Gasteiger partial charge in [-0.15, -0.1) is 102 Å². The lowest BCUT2D eigenvalue weighted by atomic mass is 10.2. The minimum atomic E-state index is -1.36. The molecule has 0 aliphatic rings. The van der Waals surface area contributed by atoms with E-state index in [4.69, 9.17) is 0 Å².